The Kier molecular flexibility index (Phi) is 8.95. The number of H-pyrrole nitrogens is 1. The van der Waals surface area contributed by atoms with Gasteiger partial charge in [0, 0.05) is 83.9 Å². The number of rotatable bonds is 7. The molecule has 57 heavy (non-hydrogen) atoms. The standard InChI is InChI=1S/C45H54N4O8/c1-7-27-20-28-23-44(40(51)55-5,36-30(14-18-48(24-27)25-28)29-12-9-10-13-33(29)46-36)32-21-31-34(22-35(32)54-4)47-37-43(31)16-19-49-17-11-15-42(8-2,38(43)49)39(57-26(3)50)45(37,53)41(52)56-6/h9-13,15,20-22,28,37-39,46-47,53H,7-8,14,16-19,23-25H2,1-6H3/t28-,37+,38-,39+,42+,43-,44-,45-/m0/s1. The van der Waals surface area contributed by atoms with Gasteiger partial charge in [-0.3, -0.25) is 19.4 Å². The molecule has 2 aromatic carbocycles. The van der Waals surface area contributed by atoms with Crippen molar-refractivity contribution < 1.29 is 38.4 Å². The van der Waals surface area contributed by atoms with Crippen molar-refractivity contribution in [2.24, 2.45) is 11.3 Å². The summed E-state index contributed by atoms with van der Waals surface area (Å²) >= 11 is 0. The van der Waals surface area contributed by atoms with Crippen molar-refractivity contribution in [3.8, 4) is 5.75 Å². The molecule has 1 unspecified atom stereocenters. The van der Waals surface area contributed by atoms with Crippen LogP contribution in [0.4, 0.5) is 5.69 Å². The van der Waals surface area contributed by atoms with Crippen LogP contribution in [0.1, 0.15) is 68.8 Å². The summed E-state index contributed by atoms with van der Waals surface area (Å²) in [6.07, 6.45) is 8.38. The highest BCUT2D eigenvalue weighted by Crippen LogP contribution is 2.67. The van der Waals surface area contributed by atoms with Gasteiger partial charge in [0.15, 0.2) is 6.10 Å². The van der Waals surface area contributed by atoms with Gasteiger partial charge in [-0.25, -0.2) is 4.79 Å². The zero-order valence-electron chi connectivity index (χ0n) is 33.8. The smallest absolute Gasteiger partial charge is 0.344 e. The van der Waals surface area contributed by atoms with Crippen LogP contribution in [-0.2, 0) is 45.8 Å². The summed E-state index contributed by atoms with van der Waals surface area (Å²) in [6, 6.07) is 11.0. The average Bonchev–Trinajstić information content (AvgIpc) is 3.92. The minimum absolute atomic E-state index is 0.0222. The number of aromatic nitrogens is 1. The number of aromatic amines is 1. The van der Waals surface area contributed by atoms with Gasteiger partial charge < -0.3 is 34.4 Å². The van der Waals surface area contributed by atoms with Crippen LogP contribution >= 0.6 is 0 Å². The molecule has 3 aromatic rings. The number of hydrogen-bond acceptors (Lipinski definition) is 11. The van der Waals surface area contributed by atoms with Crippen LogP contribution in [0.5, 0.6) is 5.75 Å². The summed E-state index contributed by atoms with van der Waals surface area (Å²) in [4.78, 5) is 51.0. The highest BCUT2D eigenvalue weighted by molar-refractivity contribution is 5.95. The third-order valence-electron chi connectivity index (χ3n) is 14.7. The molecule has 5 aliphatic heterocycles. The SMILES string of the molecule is CCC1=C[C@@H]2CN(CCc3c([nH]c4ccccc34)[C@@](C(=O)OC)(c3cc4c(cc3OC)N[C@H]3[C@@](O)(C(=O)OC)[C@H](OC(C)=O)[C@]5(CC)C=CCN6CC[C@]43[C@@H]65)C2)C1. The first-order valence-corrected chi connectivity index (χ1v) is 20.5. The number of nitrogens with zero attached hydrogens (tertiary/aromatic N) is 2. The summed E-state index contributed by atoms with van der Waals surface area (Å²) in [6.45, 7) is 9.40. The predicted molar refractivity (Wildman–Crippen MR) is 214 cm³/mol. The van der Waals surface area contributed by atoms with Gasteiger partial charge in [-0.2, -0.15) is 0 Å². The molecule has 2 bridgehead atoms. The van der Waals surface area contributed by atoms with Gasteiger partial charge in [-0.1, -0.05) is 55.8 Å². The quantitative estimate of drug-likeness (QED) is 0.174. The Morgan fingerprint density at radius 1 is 1.02 bits per heavy atom. The number of hydrogen-bond donors (Lipinski definition) is 3. The summed E-state index contributed by atoms with van der Waals surface area (Å²) in [7, 11) is 4.33. The van der Waals surface area contributed by atoms with E-state index in [0.29, 0.717) is 49.4 Å². The molecule has 302 valence electrons. The van der Waals surface area contributed by atoms with Gasteiger partial charge in [0.25, 0.3) is 0 Å². The van der Waals surface area contributed by atoms with E-state index in [-0.39, 0.29) is 17.9 Å². The maximum absolute atomic E-state index is 15.2. The van der Waals surface area contributed by atoms with E-state index in [1.807, 2.05) is 25.1 Å². The second-order valence-electron chi connectivity index (χ2n) is 17.1. The molecule has 3 N–H and O–H groups in total. The largest absolute Gasteiger partial charge is 0.496 e. The zero-order chi connectivity index (χ0) is 40.1. The summed E-state index contributed by atoms with van der Waals surface area (Å²) < 4.78 is 23.8. The van der Waals surface area contributed by atoms with E-state index in [1.165, 1.54) is 26.7 Å². The third-order valence-corrected chi connectivity index (χ3v) is 14.7. The number of fused-ring (bicyclic) bond motifs is 6. The monoisotopic (exact) mass is 778 g/mol. The van der Waals surface area contributed by atoms with Gasteiger partial charge in [-0.05, 0) is 67.8 Å². The van der Waals surface area contributed by atoms with E-state index in [0.717, 1.165) is 60.2 Å². The number of esters is 3. The minimum Gasteiger partial charge on any atom is -0.496 e. The molecular weight excluding hydrogens is 725 g/mol. The Balaban J connectivity index is 1.35. The van der Waals surface area contributed by atoms with Crippen LogP contribution in [0.15, 0.2) is 60.2 Å². The van der Waals surface area contributed by atoms with Crippen LogP contribution in [0.25, 0.3) is 10.9 Å². The summed E-state index contributed by atoms with van der Waals surface area (Å²) in [5, 5.41) is 17.8. The first-order valence-electron chi connectivity index (χ1n) is 20.5. The zero-order valence-corrected chi connectivity index (χ0v) is 33.8. The fraction of sp³-hybridized carbons (Fsp3) is 0.533. The molecule has 6 aliphatic rings. The molecule has 9 rings (SSSR count). The third kappa shape index (κ3) is 4.99. The highest BCUT2D eigenvalue weighted by Gasteiger charge is 2.79. The van der Waals surface area contributed by atoms with Crippen molar-refractivity contribution in [3.63, 3.8) is 0 Å². The molecule has 2 fully saturated rings. The second kappa shape index (κ2) is 13.5. The lowest BCUT2D eigenvalue weighted by Crippen LogP contribution is -2.80. The average molecular weight is 779 g/mol. The molecule has 12 nitrogen and oxygen atoms in total. The molecule has 1 aromatic heterocycles. The van der Waals surface area contributed by atoms with Gasteiger partial charge in [0.2, 0.25) is 5.60 Å². The van der Waals surface area contributed by atoms with Crippen LogP contribution in [0, 0.1) is 11.3 Å². The molecule has 0 radical (unpaired) electrons. The number of carbonyl (C=O) groups excluding carboxylic acids is 3. The molecule has 0 amide bonds. The predicted octanol–water partition coefficient (Wildman–Crippen LogP) is 4.77. The number of aliphatic hydroxyl groups is 1. The topological polar surface area (TPSA) is 143 Å². The van der Waals surface area contributed by atoms with Gasteiger partial charge in [-0.15, -0.1) is 0 Å². The normalized spacial score (nSPS) is 34.9. The van der Waals surface area contributed by atoms with Crippen molar-refractivity contribution in [2.75, 3.05) is 59.4 Å². The number of benzene rings is 2. The molecule has 6 heterocycles. The first kappa shape index (κ1) is 37.9. The fourth-order valence-corrected chi connectivity index (χ4v) is 12.5. The lowest BCUT2D eigenvalue weighted by molar-refractivity contribution is -0.226. The Hall–Kier alpha value is -4.65. The maximum Gasteiger partial charge on any atom is 0.344 e. The molecule has 9 atom stereocenters. The van der Waals surface area contributed by atoms with E-state index < -0.39 is 45.9 Å². The van der Waals surface area contributed by atoms with Crippen molar-refractivity contribution in [3.05, 3.63) is 82.6 Å². The van der Waals surface area contributed by atoms with Crippen LogP contribution in [0.3, 0.4) is 0 Å². The Morgan fingerprint density at radius 3 is 2.53 bits per heavy atom. The van der Waals surface area contributed by atoms with E-state index in [1.54, 1.807) is 7.11 Å². The lowest BCUT2D eigenvalue weighted by atomic mass is 9.47. The highest BCUT2D eigenvalue weighted by atomic mass is 16.6. The van der Waals surface area contributed by atoms with Crippen LogP contribution < -0.4 is 10.1 Å². The van der Waals surface area contributed by atoms with E-state index in [2.05, 4.69) is 63.5 Å². The first-order chi connectivity index (χ1) is 27.5. The maximum atomic E-state index is 15.2. The summed E-state index contributed by atoms with van der Waals surface area (Å²) in [5.74, 6) is -1.35. The number of methoxy groups -OCH3 is 3. The van der Waals surface area contributed by atoms with Crippen molar-refractivity contribution in [1.29, 1.82) is 0 Å². The van der Waals surface area contributed by atoms with Gasteiger partial charge in [0.05, 0.1) is 27.4 Å². The number of anilines is 1. The molecule has 1 saturated carbocycles. The second-order valence-corrected chi connectivity index (χ2v) is 17.1. The van der Waals surface area contributed by atoms with E-state index in [4.69, 9.17) is 18.9 Å². The van der Waals surface area contributed by atoms with E-state index in [9.17, 15) is 14.7 Å². The summed E-state index contributed by atoms with van der Waals surface area (Å²) in [5.41, 5.74) is 0.941. The number of carbonyl (C=O) groups is 3. The minimum atomic E-state index is -2.29. The Labute approximate surface area is 333 Å². The molecule has 1 spiro atoms. The van der Waals surface area contributed by atoms with Crippen molar-refractivity contribution in [2.45, 2.75) is 87.5 Å². The molecule has 1 saturated heterocycles. The lowest BCUT2D eigenvalue weighted by Gasteiger charge is -2.62. The number of para-hydroxylation sites is 1. The van der Waals surface area contributed by atoms with Crippen molar-refractivity contribution in [1.82, 2.24) is 14.8 Å². The Bertz CT molecular complexity index is 2230. The molecule has 12 heteroatoms. The van der Waals surface area contributed by atoms with Crippen LogP contribution in [-0.4, -0.2) is 116 Å². The van der Waals surface area contributed by atoms with Crippen molar-refractivity contribution >= 4 is 34.5 Å². The van der Waals surface area contributed by atoms with E-state index >= 15 is 4.79 Å². The van der Waals surface area contributed by atoms with Crippen LogP contribution in [0.2, 0.25) is 0 Å². The molecule has 1 aliphatic carbocycles. The fourth-order valence-electron chi connectivity index (χ4n) is 12.5. The number of nitrogens with one attached hydrogen (secondary N) is 2. The van der Waals surface area contributed by atoms with Gasteiger partial charge >= 0.3 is 17.9 Å². The van der Waals surface area contributed by atoms with Gasteiger partial charge in [0.1, 0.15) is 11.2 Å². The molecular formula is C45H54N4O8. The Morgan fingerprint density at radius 2 is 1.81 bits per heavy atom. The number of ether oxygens (including phenoxy) is 4.